The minimum atomic E-state index is -0.452. The topological polar surface area (TPSA) is 39.1 Å². The maximum atomic E-state index is 13.6. The Morgan fingerprint density at radius 3 is 2.57 bits per heavy atom. The summed E-state index contributed by atoms with van der Waals surface area (Å²) < 4.78 is 13.6. The molecule has 1 aromatic heterocycles. The van der Waals surface area contributed by atoms with Crippen LogP contribution < -0.4 is 5.32 Å². The molecule has 0 amide bonds. The van der Waals surface area contributed by atoms with Gasteiger partial charge in [-0.2, -0.15) is 5.26 Å². The molecule has 0 bridgehead atoms. The van der Waals surface area contributed by atoms with Gasteiger partial charge >= 0.3 is 0 Å². The lowest BCUT2D eigenvalue weighted by Crippen LogP contribution is -2.45. The number of hydrogen-bond acceptors (Lipinski definition) is 4. The summed E-state index contributed by atoms with van der Waals surface area (Å²) in [5, 5.41) is 14.5. The predicted molar refractivity (Wildman–Crippen MR) is 96.2 cm³/mol. The van der Waals surface area contributed by atoms with Crippen molar-refractivity contribution >= 4 is 36.2 Å². The SMILES string of the molecule is Cl.Cl.N#Cc1cc([C@H](c2cccs2)N2CCNCC2)ccc1F. The second-order valence-electron chi connectivity index (χ2n) is 5.06. The standard InChI is InChI=1S/C16H16FN3S.2ClH/c17-14-4-3-12(10-13(14)11-18)16(15-2-1-9-21-15)20-7-5-19-6-8-20;;/h1-4,9-10,16,19H,5-8H2;2*1H/t16-;;/m1../s1. The van der Waals surface area contributed by atoms with Gasteiger partial charge < -0.3 is 5.32 Å². The molecule has 3 nitrogen and oxygen atoms in total. The molecule has 124 valence electrons. The van der Waals surface area contributed by atoms with Gasteiger partial charge in [0.15, 0.2) is 0 Å². The van der Waals surface area contributed by atoms with Gasteiger partial charge in [-0.05, 0) is 29.1 Å². The number of hydrogen-bond donors (Lipinski definition) is 1. The van der Waals surface area contributed by atoms with Crippen molar-refractivity contribution in [2.45, 2.75) is 6.04 Å². The Labute approximate surface area is 151 Å². The monoisotopic (exact) mass is 373 g/mol. The molecule has 0 unspecified atom stereocenters. The van der Waals surface area contributed by atoms with Crippen molar-refractivity contribution in [1.82, 2.24) is 10.2 Å². The summed E-state index contributed by atoms with van der Waals surface area (Å²) in [6.45, 7) is 3.80. The van der Waals surface area contributed by atoms with Crippen molar-refractivity contribution in [3.8, 4) is 6.07 Å². The third kappa shape index (κ3) is 4.43. The Hall–Kier alpha value is -1.16. The Morgan fingerprint density at radius 1 is 1.22 bits per heavy atom. The van der Waals surface area contributed by atoms with Gasteiger partial charge in [0, 0.05) is 31.1 Å². The van der Waals surface area contributed by atoms with E-state index >= 15 is 0 Å². The predicted octanol–water partition coefficient (Wildman–Crippen LogP) is 3.60. The van der Waals surface area contributed by atoms with Crippen LogP contribution in [-0.4, -0.2) is 31.1 Å². The van der Waals surface area contributed by atoms with E-state index in [9.17, 15) is 4.39 Å². The second kappa shape index (κ2) is 9.21. The number of benzene rings is 1. The smallest absolute Gasteiger partial charge is 0.140 e. The molecule has 1 atom stereocenters. The van der Waals surface area contributed by atoms with Crippen LogP contribution in [0.25, 0.3) is 0 Å². The largest absolute Gasteiger partial charge is 0.314 e. The first-order valence-corrected chi connectivity index (χ1v) is 7.85. The van der Waals surface area contributed by atoms with E-state index in [0.29, 0.717) is 0 Å². The molecular weight excluding hydrogens is 356 g/mol. The molecule has 1 N–H and O–H groups in total. The highest BCUT2D eigenvalue weighted by Crippen LogP contribution is 2.32. The van der Waals surface area contributed by atoms with E-state index in [2.05, 4.69) is 21.7 Å². The highest BCUT2D eigenvalue weighted by molar-refractivity contribution is 7.10. The number of nitrogens with zero attached hydrogens (tertiary/aromatic N) is 2. The molecule has 23 heavy (non-hydrogen) atoms. The minimum Gasteiger partial charge on any atom is -0.314 e. The Bertz CT molecular complexity index is 652. The zero-order valence-electron chi connectivity index (χ0n) is 12.4. The van der Waals surface area contributed by atoms with Gasteiger partial charge in [0.25, 0.3) is 0 Å². The van der Waals surface area contributed by atoms with Crippen molar-refractivity contribution < 1.29 is 4.39 Å². The molecule has 0 saturated carbocycles. The summed E-state index contributed by atoms with van der Waals surface area (Å²) in [7, 11) is 0. The zero-order valence-corrected chi connectivity index (χ0v) is 14.8. The summed E-state index contributed by atoms with van der Waals surface area (Å²) in [6, 6.07) is 11.0. The summed E-state index contributed by atoms with van der Waals surface area (Å²) >= 11 is 1.70. The number of nitriles is 1. The molecule has 3 rings (SSSR count). The van der Waals surface area contributed by atoms with Crippen LogP contribution in [0, 0.1) is 17.1 Å². The quantitative estimate of drug-likeness (QED) is 0.893. The molecule has 0 spiro atoms. The molecule has 1 saturated heterocycles. The van der Waals surface area contributed by atoms with E-state index in [1.807, 2.05) is 12.1 Å². The van der Waals surface area contributed by atoms with Gasteiger partial charge in [0.1, 0.15) is 11.9 Å². The average Bonchev–Trinajstić information content (AvgIpc) is 3.04. The first-order valence-electron chi connectivity index (χ1n) is 6.97. The fourth-order valence-corrected chi connectivity index (χ4v) is 3.63. The van der Waals surface area contributed by atoms with E-state index in [0.717, 1.165) is 31.7 Å². The Balaban J connectivity index is 0.00000132. The molecule has 1 aliphatic rings. The van der Waals surface area contributed by atoms with Crippen molar-refractivity contribution in [3.63, 3.8) is 0 Å². The highest BCUT2D eigenvalue weighted by atomic mass is 35.5. The van der Waals surface area contributed by atoms with Crippen molar-refractivity contribution in [2.24, 2.45) is 0 Å². The summed E-state index contributed by atoms with van der Waals surface area (Å²) in [5.41, 5.74) is 1.10. The third-order valence-corrected chi connectivity index (χ3v) is 4.68. The molecule has 1 aliphatic heterocycles. The third-order valence-electron chi connectivity index (χ3n) is 3.76. The lowest BCUT2D eigenvalue weighted by Gasteiger charge is -2.34. The summed E-state index contributed by atoms with van der Waals surface area (Å²) in [5.74, 6) is -0.452. The summed E-state index contributed by atoms with van der Waals surface area (Å²) in [6.07, 6.45) is 0. The first-order chi connectivity index (χ1) is 10.3. The maximum absolute atomic E-state index is 13.6. The molecule has 2 aromatic rings. The molecule has 1 fully saturated rings. The number of thiophene rings is 1. The molecule has 0 radical (unpaired) electrons. The number of rotatable bonds is 3. The molecule has 7 heteroatoms. The minimum absolute atomic E-state index is 0. The average molecular weight is 374 g/mol. The number of halogens is 3. The Kier molecular flexibility index (Phi) is 7.97. The fraction of sp³-hybridized carbons (Fsp3) is 0.312. The molecule has 2 heterocycles. The van der Waals surface area contributed by atoms with Crippen LogP contribution in [0.1, 0.15) is 22.0 Å². The van der Waals surface area contributed by atoms with Crippen molar-refractivity contribution in [1.29, 1.82) is 5.26 Å². The van der Waals surface area contributed by atoms with Gasteiger partial charge in [0.2, 0.25) is 0 Å². The summed E-state index contributed by atoms with van der Waals surface area (Å²) in [4.78, 5) is 3.61. The van der Waals surface area contributed by atoms with Gasteiger partial charge in [-0.25, -0.2) is 4.39 Å². The van der Waals surface area contributed by atoms with E-state index in [1.165, 1.54) is 10.9 Å². The van der Waals surface area contributed by atoms with Crippen LogP contribution in [0.5, 0.6) is 0 Å². The highest BCUT2D eigenvalue weighted by Gasteiger charge is 2.25. The normalized spacial score (nSPS) is 15.8. The first kappa shape index (κ1) is 19.9. The number of nitrogens with one attached hydrogen (secondary N) is 1. The maximum Gasteiger partial charge on any atom is 0.140 e. The Morgan fingerprint density at radius 2 is 1.96 bits per heavy atom. The van der Waals surface area contributed by atoms with E-state index in [1.54, 1.807) is 23.5 Å². The zero-order chi connectivity index (χ0) is 14.7. The van der Waals surface area contributed by atoms with Crippen LogP contribution in [0.2, 0.25) is 0 Å². The molecular formula is C16H18Cl2FN3S. The number of piperazine rings is 1. The van der Waals surface area contributed by atoms with E-state index in [-0.39, 0.29) is 36.4 Å². The van der Waals surface area contributed by atoms with Crippen LogP contribution in [0.15, 0.2) is 35.7 Å². The van der Waals surface area contributed by atoms with Crippen molar-refractivity contribution in [3.05, 3.63) is 57.5 Å². The van der Waals surface area contributed by atoms with Crippen LogP contribution >= 0.6 is 36.2 Å². The molecule has 1 aromatic carbocycles. The van der Waals surface area contributed by atoms with Crippen LogP contribution in [0.3, 0.4) is 0 Å². The fourth-order valence-electron chi connectivity index (χ4n) is 2.74. The van der Waals surface area contributed by atoms with Crippen molar-refractivity contribution in [2.75, 3.05) is 26.2 Å². The lowest BCUT2D eigenvalue weighted by molar-refractivity contribution is 0.200. The van der Waals surface area contributed by atoms with Crippen LogP contribution in [0.4, 0.5) is 4.39 Å². The van der Waals surface area contributed by atoms with E-state index < -0.39 is 5.82 Å². The van der Waals surface area contributed by atoms with Gasteiger partial charge in [-0.1, -0.05) is 12.1 Å². The van der Waals surface area contributed by atoms with Gasteiger partial charge in [-0.15, -0.1) is 36.2 Å². The van der Waals surface area contributed by atoms with Gasteiger partial charge in [-0.3, -0.25) is 4.90 Å². The van der Waals surface area contributed by atoms with Gasteiger partial charge in [0.05, 0.1) is 11.6 Å². The van der Waals surface area contributed by atoms with E-state index in [4.69, 9.17) is 5.26 Å². The van der Waals surface area contributed by atoms with Crippen LogP contribution in [-0.2, 0) is 0 Å². The molecule has 0 aliphatic carbocycles. The lowest BCUT2D eigenvalue weighted by atomic mass is 10.0. The second-order valence-corrected chi connectivity index (χ2v) is 6.03.